The van der Waals surface area contributed by atoms with E-state index in [1.807, 2.05) is 32.0 Å². The monoisotopic (exact) mass is 524 g/mol. The summed E-state index contributed by atoms with van der Waals surface area (Å²) in [5.41, 5.74) is 2.95. The molecule has 33 heavy (non-hydrogen) atoms. The number of aryl methyl sites for hydroxylation is 2. The van der Waals surface area contributed by atoms with E-state index in [9.17, 15) is 13.2 Å². The van der Waals surface area contributed by atoms with Crippen molar-refractivity contribution < 1.29 is 13.2 Å². The van der Waals surface area contributed by atoms with Gasteiger partial charge in [0.2, 0.25) is 15.9 Å². The van der Waals surface area contributed by atoms with Gasteiger partial charge in [-0.15, -0.1) is 0 Å². The van der Waals surface area contributed by atoms with Gasteiger partial charge in [-0.25, -0.2) is 8.42 Å². The quantitative estimate of drug-likeness (QED) is 0.373. The van der Waals surface area contributed by atoms with Crippen LogP contribution in [0, 0.1) is 6.92 Å². The average Bonchev–Trinajstić information content (AvgIpc) is 2.77. The van der Waals surface area contributed by atoms with Crippen LogP contribution in [0.15, 0.2) is 65.6 Å². The Morgan fingerprint density at radius 3 is 2.15 bits per heavy atom. The van der Waals surface area contributed by atoms with Crippen LogP contribution >= 0.6 is 34.8 Å². The van der Waals surface area contributed by atoms with E-state index in [2.05, 4.69) is 5.32 Å². The number of halogens is 3. The van der Waals surface area contributed by atoms with Crippen molar-refractivity contribution in [3.8, 4) is 0 Å². The number of anilines is 1. The normalized spacial score (nSPS) is 11.6. The molecule has 1 N–H and O–H groups in total. The second-order valence-corrected chi connectivity index (χ2v) is 10.6. The number of hydrogen-bond donors (Lipinski definition) is 1. The Morgan fingerprint density at radius 1 is 0.939 bits per heavy atom. The first-order valence-electron chi connectivity index (χ1n) is 10.2. The molecule has 0 fully saturated rings. The highest BCUT2D eigenvalue weighted by Gasteiger charge is 2.28. The standard InChI is InChI=1S/C24H23Cl3N2O3S/c1-3-17-7-4-6-16(2)24(17)28-23(30)15-29(14-20-21(26)8-5-9-22(20)27)33(31,32)19-12-10-18(25)11-13-19/h4-13H,3,14-15H2,1-2H3,(H,28,30). The van der Waals surface area contributed by atoms with Crippen molar-refractivity contribution >= 4 is 56.4 Å². The minimum absolute atomic E-state index is 0.00742. The molecule has 3 rings (SSSR count). The largest absolute Gasteiger partial charge is 0.324 e. The number of benzene rings is 3. The molecule has 0 bridgehead atoms. The Labute approximate surface area is 209 Å². The van der Waals surface area contributed by atoms with Crippen LogP contribution in [0.3, 0.4) is 0 Å². The summed E-state index contributed by atoms with van der Waals surface area (Å²) in [6.07, 6.45) is 0.722. The third-order valence-electron chi connectivity index (χ3n) is 5.17. The number of hydrogen-bond acceptors (Lipinski definition) is 3. The highest BCUT2D eigenvalue weighted by molar-refractivity contribution is 7.89. The van der Waals surface area contributed by atoms with Gasteiger partial charge in [0.25, 0.3) is 0 Å². The fraction of sp³-hybridized carbons (Fsp3) is 0.208. The minimum atomic E-state index is -4.07. The summed E-state index contributed by atoms with van der Waals surface area (Å²) in [6, 6.07) is 16.4. The highest BCUT2D eigenvalue weighted by atomic mass is 35.5. The van der Waals surface area contributed by atoms with Crippen molar-refractivity contribution in [1.29, 1.82) is 0 Å². The average molecular weight is 526 g/mol. The predicted octanol–water partition coefficient (Wildman–Crippen LogP) is 6.35. The molecule has 0 atom stereocenters. The molecular formula is C24H23Cl3N2O3S. The van der Waals surface area contributed by atoms with Crippen molar-refractivity contribution in [1.82, 2.24) is 4.31 Å². The first-order valence-corrected chi connectivity index (χ1v) is 12.8. The molecular weight excluding hydrogens is 503 g/mol. The second-order valence-electron chi connectivity index (χ2n) is 7.44. The van der Waals surface area contributed by atoms with Gasteiger partial charge >= 0.3 is 0 Å². The predicted molar refractivity (Wildman–Crippen MR) is 135 cm³/mol. The Bertz CT molecular complexity index is 1240. The van der Waals surface area contributed by atoms with Crippen LogP contribution < -0.4 is 5.32 Å². The molecule has 5 nitrogen and oxygen atoms in total. The van der Waals surface area contributed by atoms with E-state index < -0.39 is 22.5 Å². The Hall–Kier alpha value is -2.09. The Morgan fingerprint density at radius 2 is 1.55 bits per heavy atom. The third-order valence-corrected chi connectivity index (χ3v) is 7.94. The number of para-hydroxylation sites is 1. The molecule has 0 saturated heterocycles. The molecule has 174 valence electrons. The molecule has 3 aromatic carbocycles. The summed E-state index contributed by atoms with van der Waals surface area (Å²) in [5, 5.41) is 3.90. The molecule has 0 radical (unpaired) electrons. The number of nitrogens with zero attached hydrogens (tertiary/aromatic N) is 1. The van der Waals surface area contributed by atoms with Gasteiger partial charge in [0.15, 0.2) is 0 Å². The van der Waals surface area contributed by atoms with Crippen LogP contribution in [0.1, 0.15) is 23.6 Å². The van der Waals surface area contributed by atoms with Gasteiger partial charge in [0, 0.05) is 32.9 Å². The maximum atomic E-state index is 13.5. The third kappa shape index (κ3) is 6.08. The minimum Gasteiger partial charge on any atom is -0.324 e. The number of carbonyl (C=O) groups is 1. The number of amides is 1. The summed E-state index contributed by atoms with van der Waals surface area (Å²) in [6.45, 7) is 3.27. The van der Waals surface area contributed by atoms with Gasteiger partial charge in [-0.2, -0.15) is 4.31 Å². The fourth-order valence-corrected chi connectivity index (χ4v) is 5.39. The van der Waals surface area contributed by atoms with E-state index in [-0.39, 0.29) is 11.4 Å². The summed E-state index contributed by atoms with van der Waals surface area (Å²) in [4.78, 5) is 13.0. The van der Waals surface area contributed by atoms with Gasteiger partial charge in [0.05, 0.1) is 11.4 Å². The van der Waals surface area contributed by atoms with Crippen LogP contribution in [0.5, 0.6) is 0 Å². The molecule has 3 aromatic rings. The van der Waals surface area contributed by atoms with Crippen LogP contribution in [-0.4, -0.2) is 25.2 Å². The molecule has 1 amide bonds. The van der Waals surface area contributed by atoms with E-state index in [0.29, 0.717) is 26.3 Å². The zero-order valence-corrected chi connectivity index (χ0v) is 21.2. The van der Waals surface area contributed by atoms with E-state index in [1.54, 1.807) is 18.2 Å². The molecule has 0 aliphatic heterocycles. The van der Waals surface area contributed by atoms with Gasteiger partial charge in [-0.1, -0.05) is 66.0 Å². The summed E-state index contributed by atoms with van der Waals surface area (Å²) >= 11 is 18.5. The Kier molecular flexibility index (Phi) is 8.43. The topological polar surface area (TPSA) is 66.5 Å². The lowest BCUT2D eigenvalue weighted by Gasteiger charge is -2.23. The van der Waals surface area contributed by atoms with E-state index in [4.69, 9.17) is 34.8 Å². The van der Waals surface area contributed by atoms with Crippen LogP contribution in [0.2, 0.25) is 15.1 Å². The van der Waals surface area contributed by atoms with Crippen LogP contribution in [0.4, 0.5) is 5.69 Å². The smallest absolute Gasteiger partial charge is 0.243 e. The SMILES string of the molecule is CCc1cccc(C)c1NC(=O)CN(Cc1c(Cl)cccc1Cl)S(=O)(=O)c1ccc(Cl)cc1. The molecule has 9 heteroatoms. The second kappa shape index (κ2) is 10.9. The van der Waals surface area contributed by atoms with Gasteiger partial charge in [-0.3, -0.25) is 4.79 Å². The van der Waals surface area contributed by atoms with E-state index >= 15 is 0 Å². The maximum absolute atomic E-state index is 13.5. The maximum Gasteiger partial charge on any atom is 0.243 e. The van der Waals surface area contributed by atoms with Crippen molar-refractivity contribution in [3.05, 3.63) is 92.4 Å². The lowest BCUT2D eigenvalue weighted by molar-refractivity contribution is -0.116. The molecule has 0 aliphatic carbocycles. The molecule has 0 aromatic heterocycles. The van der Waals surface area contributed by atoms with Gasteiger partial charge in [0.1, 0.15) is 0 Å². The number of sulfonamides is 1. The zero-order chi connectivity index (χ0) is 24.2. The molecule has 0 heterocycles. The van der Waals surface area contributed by atoms with E-state index in [0.717, 1.165) is 21.9 Å². The lowest BCUT2D eigenvalue weighted by Crippen LogP contribution is -2.38. The number of carbonyl (C=O) groups excluding carboxylic acids is 1. The fourth-order valence-electron chi connectivity index (χ4n) is 3.38. The molecule has 0 aliphatic rings. The van der Waals surface area contributed by atoms with Gasteiger partial charge < -0.3 is 5.32 Å². The van der Waals surface area contributed by atoms with Gasteiger partial charge in [-0.05, 0) is 60.9 Å². The van der Waals surface area contributed by atoms with Crippen molar-refractivity contribution in [2.75, 3.05) is 11.9 Å². The van der Waals surface area contributed by atoms with Crippen molar-refractivity contribution in [2.45, 2.75) is 31.7 Å². The zero-order valence-electron chi connectivity index (χ0n) is 18.1. The lowest BCUT2D eigenvalue weighted by atomic mass is 10.1. The molecule has 0 unspecified atom stereocenters. The first kappa shape index (κ1) is 25.5. The molecule has 0 saturated carbocycles. The van der Waals surface area contributed by atoms with Crippen molar-refractivity contribution in [2.24, 2.45) is 0 Å². The first-order chi connectivity index (χ1) is 15.6. The van der Waals surface area contributed by atoms with Crippen LogP contribution in [0.25, 0.3) is 0 Å². The molecule has 0 spiro atoms. The Balaban J connectivity index is 1.97. The summed E-state index contributed by atoms with van der Waals surface area (Å²) in [5.74, 6) is -0.472. The number of rotatable bonds is 8. The highest BCUT2D eigenvalue weighted by Crippen LogP contribution is 2.29. The van der Waals surface area contributed by atoms with Crippen molar-refractivity contribution in [3.63, 3.8) is 0 Å². The summed E-state index contributed by atoms with van der Waals surface area (Å²) < 4.78 is 28.0. The van der Waals surface area contributed by atoms with E-state index in [1.165, 1.54) is 24.3 Å². The summed E-state index contributed by atoms with van der Waals surface area (Å²) in [7, 11) is -4.07. The number of nitrogens with one attached hydrogen (secondary N) is 1. The van der Waals surface area contributed by atoms with Crippen LogP contribution in [-0.2, 0) is 27.8 Å².